The van der Waals surface area contributed by atoms with Crippen LogP contribution in [0.25, 0.3) is 0 Å². The molecule has 0 spiro atoms. The van der Waals surface area contributed by atoms with E-state index in [0.717, 1.165) is 19.3 Å². The Labute approximate surface area is 122 Å². The number of nitrogens with one attached hydrogen (secondary N) is 1. The van der Waals surface area contributed by atoms with E-state index in [2.05, 4.69) is 10.1 Å². The lowest BCUT2D eigenvalue weighted by molar-refractivity contribution is -0.137. The van der Waals surface area contributed by atoms with Gasteiger partial charge in [-0.2, -0.15) is 0 Å². The molecule has 0 radical (unpaired) electrons. The fourth-order valence-corrected chi connectivity index (χ4v) is 2.36. The van der Waals surface area contributed by atoms with Gasteiger partial charge in [-0.25, -0.2) is 13.6 Å². The van der Waals surface area contributed by atoms with E-state index >= 15 is 0 Å². The highest BCUT2D eigenvalue weighted by Gasteiger charge is 2.26. The summed E-state index contributed by atoms with van der Waals surface area (Å²) in [6.45, 7) is 0.145. The Kier molecular flexibility index (Phi) is 7.96. The fourth-order valence-electron chi connectivity index (χ4n) is 2.36. The SMILES string of the molecule is O=C(O)CCC1CCCCN1C(=O)NCCOCC(F)F. The number of aliphatic carboxylic acids is 1. The number of carboxylic acid groups (broad SMARTS) is 1. The van der Waals surface area contributed by atoms with Gasteiger partial charge in [0.05, 0.1) is 6.61 Å². The van der Waals surface area contributed by atoms with Crippen molar-refractivity contribution < 1.29 is 28.2 Å². The maximum atomic E-state index is 12.0. The smallest absolute Gasteiger partial charge is 0.317 e. The van der Waals surface area contributed by atoms with Crippen LogP contribution in [-0.2, 0) is 9.53 Å². The fraction of sp³-hybridized carbons (Fsp3) is 0.846. The molecule has 1 fully saturated rings. The van der Waals surface area contributed by atoms with Gasteiger partial charge >= 0.3 is 12.0 Å². The third kappa shape index (κ3) is 7.22. The predicted octanol–water partition coefficient (Wildman–Crippen LogP) is 1.70. The average molecular weight is 308 g/mol. The van der Waals surface area contributed by atoms with Crippen LogP contribution in [0.1, 0.15) is 32.1 Å². The van der Waals surface area contributed by atoms with Gasteiger partial charge in [0, 0.05) is 25.6 Å². The van der Waals surface area contributed by atoms with E-state index in [9.17, 15) is 18.4 Å². The summed E-state index contributed by atoms with van der Waals surface area (Å²) in [5.41, 5.74) is 0. The largest absolute Gasteiger partial charge is 0.481 e. The number of piperidine rings is 1. The van der Waals surface area contributed by atoms with Crippen LogP contribution in [0.4, 0.5) is 13.6 Å². The standard InChI is InChI=1S/C13H22F2N2O4/c14-11(15)9-21-8-6-16-13(20)17-7-2-1-3-10(17)4-5-12(18)19/h10-11H,1-9H2,(H,16,20)(H,18,19). The summed E-state index contributed by atoms with van der Waals surface area (Å²) in [5, 5.41) is 11.3. The molecule has 122 valence electrons. The van der Waals surface area contributed by atoms with Crippen molar-refractivity contribution in [2.45, 2.75) is 44.6 Å². The molecule has 1 aliphatic rings. The van der Waals surface area contributed by atoms with Crippen LogP contribution >= 0.6 is 0 Å². The molecule has 1 rings (SSSR count). The summed E-state index contributed by atoms with van der Waals surface area (Å²) < 4.78 is 28.4. The maximum Gasteiger partial charge on any atom is 0.317 e. The third-order valence-corrected chi connectivity index (χ3v) is 3.35. The average Bonchev–Trinajstić information content (AvgIpc) is 2.44. The molecule has 1 atom stereocenters. The van der Waals surface area contributed by atoms with Crippen molar-refractivity contribution in [3.8, 4) is 0 Å². The molecule has 1 aliphatic heterocycles. The monoisotopic (exact) mass is 308 g/mol. The highest BCUT2D eigenvalue weighted by molar-refractivity contribution is 5.74. The molecule has 0 bridgehead atoms. The molecule has 2 amide bonds. The number of rotatable bonds is 8. The molecule has 0 aliphatic carbocycles. The molecule has 0 aromatic heterocycles. The first-order chi connectivity index (χ1) is 10.0. The first-order valence-corrected chi connectivity index (χ1v) is 7.13. The number of likely N-dealkylation sites (tertiary alicyclic amines) is 1. The Balaban J connectivity index is 2.30. The first-order valence-electron chi connectivity index (χ1n) is 7.13. The summed E-state index contributed by atoms with van der Waals surface area (Å²) in [5.74, 6) is -0.874. The molecule has 6 nitrogen and oxygen atoms in total. The van der Waals surface area contributed by atoms with Crippen molar-refractivity contribution in [2.75, 3.05) is 26.3 Å². The number of amides is 2. The van der Waals surface area contributed by atoms with Crippen LogP contribution in [-0.4, -0.2) is 60.8 Å². The lowest BCUT2D eigenvalue weighted by Crippen LogP contribution is -2.49. The van der Waals surface area contributed by atoms with Crippen molar-refractivity contribution in [3.63, 3.8) is 0 Å². The topological polar surface area (TPSA) is 78.9 Å². The molecule has 1 unspecified atom stereocenters. The van der Waals surface area contributed by atoms with E-state index in [1.807, 2.05) is 0 Å². The number of halogens is 2. The minimum absolute atomic E-state index is 0.0315. The normalized spacial score (nSPS) is 18.8. The van der Waals surface area contributed by atoms with E-state index in [1.54, 1.807) is 4.90 Å². The van der Waals surface area contributed by atoms with Crippen molar-refractivity contribution >= 4 is 12.0 Å². The summed E-state index contributed by atoms with van der Waals surface area (Å²) in [7, 11) is 0. The minimum Gasteiger partial charge on any atom is -0.481 e. The van der Waals surface area contributed by atoms with Gasteiger partial charge in [0.2, 0.25) is 0 Å². The molecular formula is C13H22F2N2O4. The van der Waals surface area contributed by atoms with Crippen molar-refractivity contribution in [1.82, 2.24) is 10.2 Å². The van der Waals surface area contributed by atoms with Gasteiger partial charge < -0.3 is 20.1 Å². The molecule has 0 aromatic carbocycles. The Morgan fingerprint density at radius 3 is 2.81 bits per heavy atom. The third-order valence-electron chi connectivity index (χ3n) is 3.35. The molecule has 2 N–H and O–H groups in total. The summed E-state index contributed by atoms with van der Waals surface area (Å²) in [6, 6.07) is -0.359. The molecule has 21 heavy (non-hydrogen) atoms. The number of hydrogen-bond acceptors (Lipinski definition) is 3. The Hall–Kier alpha value is -1.44. The van der Waals surface area contributed by atoms with Crippen molar-refractivity contribution in [3.05, 3.63) is 0 Å². The van der Waals surface area contributed by atoms with Gasteiger partial charge in [-0.1, -0.05) is 0 Å². The summed E-state index contributed by atoms with van der Waals surface area (Å²) in [6.07, 6.45) is 0.618. The number of alkyl halides is 2. The van der Waals surface area contributed by atoms with Crippen molar-refractivity contribution in [2.24, 2.45) is 0 Å². The maximum absolute atomic E-state index is 12.0. The van der Waals surface area contributed by atoms with Crippen molar-refractivity contribution in [1.29, 1.82) is 0 Å². The summed E-state index contributed by atoms with van der Waals surface area (Å²) in [4.78, 5) is 24.3. The highest BCUT2D eigenvalue weighted by atomic mass is 19.3. The van der Waals surface area contributed by atoms with Gasteiger partial charge in [-0.3, -0.25) is 4.79 Å². The molecule has 1 saturated heterocycles. The molecule has 1 heterocycles. The van der Waals surface area contributed by atoms with Crippen LogP contribution in [0, 0.1) is 0 Å². The van der Waals surface area contributed by atoms with Gasteiger partial charge in [0.25, 0.3) is 6.43 Å². The second-order valence-corrected chi connectivity index (χ2v) is 4.97. The second-order valence-electron chi connectivity index (χ2n) is 4.97. The van der Waals surface area contributed by atoms with E-state index in [-0.39, 0.29) is 31.6 Å². The number of urea groups is 1. The lowest BCUT2D eigenvalue weighted by Gasteiger charge is -2.35. The van der Waals surface area contributed by atoms with E-state index in [4.69, 9.17) is 5.11 Å². The minimum atomic E-state index is -2.51. The zero-order valence-corrected chi connectivity index (χ0v) is 11.9. The number of carboxylic acids is 1. The zero-order valence-electron chi connectivity index (χ0n) is 11.9. The van der Waals surface area contributed by atoms with E-state index < -0.39 is 19.0 Å². The first kappa shape index (κ1) is 17.6. The Morgan fingerprint density at radius 1 is 1.38 bits per heavy atom. The zero-order chi connectivity index (χ0) is 15.7. The quantitative estimate of drug-likeness (QED) is 0.669. The highest BCUT2D eigenvalue weighted by Crippen LogP contribution is 2.20. The van der Waals surface area contributed by atoms with Crippen LogP contribution in [0.2, 0.25) is 0 Å². The van der Waals surface area contributed by atoms with Crippen LogP contribution < -0.4 is 5.32 Å². The number of nitrogens with zero attached hydrogens (tertiary/aromatic N) is 1. The number of ether oxygens (including phenoxy) is 1. The molecule has 0 saturated carbocycles. The van der Waals surface area contributed by atoms with Crippen LogP contribution in [0.15, 0.2) is 0 Å². The van der Waals surface area contributed by atoms with Gasteiger partial charge in [-0.05, 0) is 25.7 Å². The Bertz CT molecular complexity index is 342. The number of hydrogen-bond donors (Lipinski definition) is 2. The van der Waals surface area contributed by atoms with Crippen LogP contribution in [0.3, 0.4) is 0 Å². The molecule has 8 heteroatoms. The molecule has 0 aromatic rings. The molecular weight excluding hydrogens is 286 g/mol. The summed E-state index contributed by atoms with van der Waals surface area (Å²) >= 11 is 0. The van der Waals surface area contributed by atoms with E-state index in [1.165, 1.54) is 0 Å². The predicted molar refractivity (Wildman–Crippen MR) is 71.4 cm³/mol. The number of carbonyl (C=O) groups is 2. The second kappa shape index (κ2) is 9.49. The van der Waals surface area contributed by atoms with E-state index in [0.29, 0.717) is 13.0 Å². The lowest BCUT2D eigenvalue weighted by atomic mass is 9.98. The van der Waals surface area contributed by atoms with Gasteiger partial charge in [0.15, 0.2) is 0 Å². The Morgan fingerprint density at radius 2 is 2.14 bits per heavy atom. The van der Waals surface area contributed by atoms with Crippen LogP contribution in [0.5, 0.6) is 0 Å². The van der Waals surface area contributed by atoms with Gasteiger partial charge in [0.1, 0.15) is 6.61 Å². The van der Waals surface area contributed by atoms with Gasteiger partial charge in [-0.15, -0.1) is 0 Å². The number of carbonyl (C=O) groups excluding carboxylic acids is 1.